The van der Waals surface area contributed by atoms with Crippen LogP contribution in [0.25, 0.3) is 0 Å². The number of hydrogen-bond donors (Lipinski definition) is 1. The zero-order chi connectivity index (χ0) is 13.7. The Morgan fingerprint density at radius 2 is 1.90 bits per heavy atom. The predicted molar refractivity (Wildman–Crippen MR) is 82.4 cm³/mol. The lowest BCUT2D eigenvalue weighted by molar-refractivity contribution is -0.147. The number of piperidine rings is 1. The highest BCUT2D eigenvalue weighted by Gasteiger charge is 2.42. The maximum Gasteiger partial charge on any atom is 0.231 e. The topological polar surface area (TPSA) is 44.8 Å². The first-order valence-electron chi connectivity index (χ1n) is 7.35. The van der Waals surface area contributed by atoms with Gasteiger partial charge in [0.15, 0.2) is 0 Å². The zero-order valence-corrected chi connectivity index (χ0v) is 13.5. The lowest BCUT2D eigenvalue weighted by atomic mass is 9.78. The molecule has 2 aliphatic rings. The van der Waals surface area contributed by atoms with Crippen LogP contribution in [-0.2, 0) is 9.53 Å². The molecule has 1 N–H and O–H groups in total. The first-order chi connectivity index (χ1) is 9.18. The Morgan fingerprint density at radius 3 is 2.55 bits per heavy atom. The molecule has 0 aliphatic carbocycles. The van der Waals surface area contributed by atoms with Gasteiger partial charge in [0.2, 0.25) is 5.91 Å². The molecule has 2 saturated heterocycles. The fourth-order valence-corrected chi connectivity index (χ4v) is 3.19. The second-order valence-electron chi connectivity index (χ2n) is 5.91. The van der Waals surface area contributed by atoms with Gasteiger partial charge in [0.25, 0.3) is 0 Å². The number of methoxy groups -OCH3 is 1. The molecular weight excluding hydrogens is 278 g/mol. The van der Waals surface area contributed by atoms with Crippen LogP contribution in [0.1, 0.15) is 19.3 Å². The molecule has 2 aliphatic heterocycles. The molecule has 0 spiro atoms. The van der Waals surface area contributed by atoms with Crippen molar-refractivity contribution in [2.45, 2.75) is 19.3 Å². The first kappa shape index (κ1) is 17.7. The van der Waals surface area contributed by atoms with Gasteiger partial charge in [0.1, 0.15) is 0 Å². The van der Waals surface area contributed by atoms with Crippen molar-refractivity contribution in [1.29, 1.82) is 0 Å². The largest absolute Gasteiger partial charge is 0.384 e. The summed E-state index contributed by atoms with van der Waals surface area (Å²) in [7, 11) is 3.83. The van der Waals surface area contributed by atoms with Gasteiger partial charge in [-0.3, -0.25) is 4.79 Å². The van der Waals surface area contributed by atoms with Crippen molar-refractivity contribution in [3.63, 3.8) is 0 Å². The van der Waals surface area contributed by atoms with Gasteiger partial charge in [-0.1, -0.05) is 0 Å². The Bertz CT molecular complexity index is 303. The maximum absolute atomic E-state index is 12.9. The van der Waals surface area contributed by atoms with Gasteiger partial charge in [0.05, 0.1) is 12.0 Å². The number of nitrogens with one attached hydrogen (secondary N) is 1. The second-order valence-corrected chi connectivity index (χ2v) is 5.91. The molecule has 0 aromatic carbocycles. The minimum atomic E-state index is -0.289. The molecule has 0 unspecified atom stereocenters. The number of carbonyl (C=O) groups is 1. The van der Waals surface area contributed by atoms with E-state index in [2.05, 4.69) is 22.2 Å². The molecule has 0 aromatic heterocycles. The summed E-state index contributed by atoms with van der Waals surface area (Å²) in [6.45, 7) is 6.21. The van der Waals surface area contributed by atoms with Crippen LogP contribution < -0.4 is 5.32 Å². The molecule has 0 aromatic rings. The van der Waals surface area contributed by atoms with Crippen molar-refractivity contribution in [3.8, 4) is 0 Å². The van der Waals surface area contributed by atoms with Crippen molar-refractivity contribution < 1.29 is 9.53 Å². The number of halogens is 1. The third-order valence-corrected chi connectivity index (χ3v) is 4.44. The van der Waals surface area contributed by atoms with Crippen molar-refractivity contribution >= 4 is 18.3 Å². The fraction of sp³-hybridized carbons (Fsp3) is 0.929. The van der Waals surface area contributed by atoms with E-state index in [-0.39, 0.29) is 17.8 Å². The third-order valence-electron chi connectivity index (χ3n) is 4.44. The summed E-state index contributed by atoms with van der Waals surface area (Å²) in [4.78, 5) is 17.3. The molecule has 0 saturated carbocycles. The van der Waals surface area contributed by atoms with Gasteiger partial charge in [-0.05, 0) is 45.9 Å². The van der Waals surface area contributed by atoms with E-state index < -0.39 is 0 Å². The molecule has 2 heterocycles. The van der Waals surface area contributed by atoms with Crippen molar-refractivity contribution in [3.05, 3.63) is 0 Å². The fourth-order valence-electron chi connectivity index (χ4n) is 3.19. The molecule has 118 valence electrons. The number of carbonyl (C=O) groups excluding carboxylic acids is 1. The van der Waals surface area contributed by atoms with E-state index in [0.717, 1.165) is 58.5 Å². The smallest absolute Gasteiger partial charge is 0.231 e. The van der Waals surface area contributed by atoms with Crippen LogP contribution in [-0.4, -0.2) is 75.7 Å². The number of nitrogens with zero attached hydrogens (tertiary/aromatic N) is 2. The minimum absolute atomic E-state index is 0. The SMILES string of the molecule is COCC1(C(=O)N2CCCN(C)CC2)CCNCC1.Cl. The van der Waals surface area contributed by atoms with Crippen LogP contribution in [0.2, 0.25) is 0 Å². The number of rotatable bonds is 3. The van der Waals surface area contributed by atoms with Gasteiger partial charge in [-0.25, -0.2) is 0 Å². The maximum atomic E-state index is 12.9. The number of likely N-dealkylation sites (N-methyl/N-ethyl adjacent to an activating group) is 1. The summed E-state index contributed by atoms with van der Waals surface area (Å²) in [6, 6.07) is 0. The average Bonchev–Trinajstić information content (AvgIpc) is 2.64. The standard InChI is InChI=1S/C14H27N3O2.ClH/c1-16-8-3-9-17(11-10-16)13(18)14(12-19-2)4-6-15-7-5-14;/h15H,3-12H2,1-2H3;1H. The Morgan fingerprint density at radius 1 is 1.20 bits per heavy atom. The monoisotopic (exact) mass is 305 g/mol. The van der Waals surface area contributed by atoms with E-state index in [9.17, 15) is 4.79 Å². The quantitative estimate of drug-likeness (QED) is 0.829. The summed E-state index contributed by atoms with van der Waals surface area (Å²) in [5, 5.41) is 3.34. The first-order valence-corrected chi connectivity index (χ1v) is 7.35. The zero-order valence-electron chi connectivity index (χ0n) is 12.7. The summed E-state index contributed by atoms with van der Waals surface area (Å²) in [6.07, 6.45) is 2.86. The van der Waals surface area contributed by atoms with Gasteiger partial charge in [0, 0.05) is 26.7 Å². The summed E-state index contributed by atoms with van der Waals surface area (Å²) < 4.78 is 5.36. The van der Waals surface area contributed by atoms with E-state index in [0.29, 0.717) is 12.5 Å². The Balaban J connectivity index is 0.00000200. The average molecular weight is 306 g/mol. The lowest BCUT2D eigenvalue weighted by Crippen LogP contribution is -2.52. The molecule has 5 nitrogen and oxygen atoms in total. The van der Waals surface area contributed by atoms with E-state index in [1.807, 2.05) is 0 Å². The molecule has 0 atom stereocenters. The van der Waals surface area contributed by atoms with Gasteiger partial charge in [-0.2, -0.15) is 0 Å². The van der Waals surface area contributed by atoms with Gasteiger partial charge >= 0.3 is 0 Å². The molecule has 6 heteroatoms. The Kier molecular flexibility index (Phi) is 7.23. The number of hydrogen-bond acceptors (Lipinski definition) is 4. The van der Waals surface area contributed by atoms with E-state index >= 15 is 0 Å². The Hall–Kier alpha value is -0.360. The van der Waals surface area contributed by atoms with Crippen LogP contribution >= 0.6 is 12.4 Å². The molecule has 20 heavy (non-hydrogen) atoms. The molecule has 1 amide bonds. The number of ether oxygens (including phenoxy) is 1. The van der Waals surface area contributed by atoms with Gasteiger partial charge in [-0.15, -0.1) is 12.4 Å². The lowest BCUT2D eigenvalue weighted by Gasteiger charge is -2.39. The summed E-state index contributed by atoms with van der Waals surface area (Å²) >= 11 is 0. The van der Waals surface area contributed by atoms with Crippen molar-refractivity contribution in [2.24, 2.45) is 5.41 Å². The van der Waals surface area contributed by atoms with Crippen LogP contribution in [0.5, 0.6) is 0 Å². The summed E-state index contributed by atoms with van der Waals surface area (Å²) in [5.74, 6) is 0.311. The van der Waals surface area contributed by atoms with Gasteiger partial charge < -0.3 is 19.9 Å². The minimum Gasteiger partial charge on any atom is -0.384 e. The van der Waals surface area contributed by atoms with E-state index in [4.69, 9.17) is 4.74 Å². The highest BCUT2D eigenvalue weighted by atomic mass is 35.5. The molecule has 2 rings (SSSR count). The highest BCUT2D eigenvalue weighted by Crippen LogP contribution is 2.32. The molecule has 0 radical (unpaired) electrons. The van der Waals surface area contributed by atoms with Crippen LogP contribution in [0, 0.1) is 5.41 Å². The van der Waals surface area contributed by atoms with Crippen LogP contribution in [0.3, 0.4) is 0 Å². The van der Waals surface area contributed by atoms with Crippen LogP contribution in [0.4, 0.5) is 0 Å². The normalized spacial score (nSPS) is 23.8. The highest BCUT2D eigenvalue weighted by molar-refractivity contribution is 5.85. The molecule has 0 bridgehead atoms. The van der Waals surface area contributed by atoms with E-state index in [1.165, 1.54) is 0 Å². The molecule has 2 fully saturated rings. The number of amides is 1. The van der Waals surface area contributed by atoms with E-state index in [1.54, 1.807) is 7.11 Å². The Labute approximate surface area is 128 Å². The van der Waals surface area contributed by atoms with Crippen molar-refractivity contribution in [2.75, 3.05) is 60.0 Å². The third kappa shape index (κ3) is 4.07. The predicted octanol–water partition coefficient (Wildman–Crippen LogP) is 0.589. The van der Waals surface area contributed by atoms with Crippen LogP contribution in [0.15, 0.2) is 0 Å². The molecular formula is C14H28ClN3O2. The van der Waals surface area contributed by atoms with Crippen molar-refractivity contribution in [1.82, 2.24) is 15.1 Å². The summed E-state index contributed by atoms with van der Waals surface area (Å²) in [5.41, 5.74) is -0.289. The second kappa shape index (κ2) is 8.17.